The Morgan fingerprint density at radius 1 is 1.54 bits per heavy atom. The van der Waals surface area contributed by atoms with Crippen molar-refractivity contribution in [3.63, 3.8) is 0 Å². The summed E-state index contributed by atoms with van der Waals surface area (Å²) in [5, 5.41) is 2.82. The van der Waals surface area contributed by atoms with Gasteiger partial charge < -0.3 is 10.1 Å². The molecule has 1 unspecified atom stereocenters. The average molecular weight is 181 g/mol. The number of halogens is 1. The first-order chi connectivity index (χ1) is 6.19. The number of likely N-dealkylation sites (N-methyl/N-ethyl adjacent to an activating group) is 1. The van der Waals surface area contributed by atoms with Crippen molar-refractivity contribution in [2.75, 3.05) is 7.05 Å². The first-order valence-corrected chi connectivity index (χ1v) is 4.07. The van der Waals surface area contributed by atoms with E-state index < -0.39 is 0 Å². The highest BCUT2D eigenvalue weighted by Gasteiger charge is 2.08. The number of hydrogen-bond donors (Lipinski definition) is 1. The van der Waals surface area contributed by atoms with E-state index in [9.17, 15) is 9.18 Å². The van der Waals surface area contributed by atoms with Gasteiger partial charge in [0.1, 0.15) is 12.1 Å². The molecule has 0 aliphatic rings. The van der Waals surface area contributed by atoms with Crippen LogP contribution in [0.1, 0.15) is 17.2 Å². The Hall–Kier alpha value is -1.22. The maximum atomic E-state index is 12.9. The molecule has 0 bridgehead atoms. The fraction of sp³-hybridized carbons (Fsp3) is 0.300. The van der Waals surface area contributed by atoms with Crippen LogP contribution in [0.3, 0.4) is 0 Å². The average Bonchev–Trinajstić information content (AvgIpc) is 2.13. The normalized spacial score (nSPS) is 12.5. The van der Waals surface area contributed by atoms with Crippen LogP contribution in [-0.2, 0) is 4.79 Å². The van der Waals surface area contributed by atoms with Crippen molar-refractivity contribution in [2.24, 2.45) is 0 Å². The second-order valence-corrected chi connectivity index (χ2v) is 2.91. The minimum absolute atomic E-state index is 0.246. The molecule has 70 valence electrons. The van der Waals surface area contributed by atoms with Crippen molar-refractivity contribution >= 4 is 6.29 Å². The van der Waals surface area contributed by atoms with E-state index in [0.717, 1.165) is 11.8 Å². The van der Waals surface area contributed by atoms with Crippen molar-refractivity contribution < 1.29 is 9.18 Å². The number of benzene rings is 1. The summed E-state index contributed by atoms with van der Waals surface area (Å²) < 4.78 is 12.9. The summed E-state index contributed by atoms with van der Waals surface area (Å²) >= 11 is 0. The molecule has 0 radical (unpaired) electrons. The van der Waals surface area contributed by atoms with Gasteiger partial charge in [0.05, 0.1) is 6.04 Å². The van der Waals surface area contributed by atoms with Gasteiger partial charge in [0, 0.05) is 0 Å². The number of rotatable bonds is 3. The van der Waals surface area contributed by atoms with E-state index in [2.05, 4.69) is 5.32 Å². The third-order valence-corrected chi connectivity index (χ3v) is 1.99. The molecule has 1 rings (SSSR count). The predicted molar refractivity (Wildman–Crippen MR) is 49.0 cm³/mol. The molecule has 0 amide bonds. The summed E-state index contributed by atoms with van der Waals surface area (Å²) in [6.45, 7) is 1.68. The molecule has 0 aliphatic carbocycles. The van der Waals surface area contributed by atoms with Crippen LogP contribution in [0.5, 0.6) is 0 Å². The summed E-state index contributed by atoms with van der Waals surface area (Å²) in [4.78, 5) is 10.6. The topological polar surface area (TPSA) is 29.1 Å². The first-order valence-electron chi connectivity index (χ1n) is 4.07. The number of hydrogen-bond acceptors (Lipinski definition) is 2. The summed E-state index contributed by atoms with van der Waals surface area (Å²) in [6.07, 6.45) is 0.798. The molecule has 1 aromatic rings. The molecule has 0 heterocycles. The van der Waals surface area contributed by atoms with E-state index in [1.807, 2.05) is 0 Å². The Kier molecular flexibility index (Phi) is 3.14. The molecule has 3 heteroatoms. The lowest BCUT2D eigenvalue weighted by molar-refractivity contribution is -0.109. The lowest BCUT2D eigenvalue weighted by Gasteiger charge is -2.09. The summed E-state index contributed by atoms with van der Waals surface area (Å²) in [7, 11) is 1.69. The molecule has 0 saturated carbocycles. The highest BCUT2D eigenvalue weighted by Crippen LogP contribution is 2.14. The van der Waals surface area contributed by atoms with E-state index >= 15 is 0 Å². The monoisotopic (exact) mass is 181 g/mol. The van der Waals surface area contributed by atoms with Gasteiger partial charge in [0.2, 0.25) is 0 Å². The van der Waals surface area contributed by atoms with Crippen molar-refractivity contribution in [1.29, 1.82) is 0 Å². The van der Waals surface area contributed by atoms with Crippen LogP contribution in [-0.4, -0.2) is 13.3 Å². The van der Waals surface area contributed by atoms with E-state index in [4.69, 9.17) is 0 Å². The minimum Gasteiger partial charge on any atom is -0.307 e. The molecular formula is C10H12FNO. The standard InChI is InChI=1S/C10H12FNO/c1-7-5-8(3-4-9(7)11)10(6-13)12-2/h3-6,10,12H,1-2H3. The maximum Gasteiger partial charge on any atom is 0.141 e. The molecule has 2 nitrogen and oxygen atoms in total. The highest BCUT2D eigenvalue weighted by atomic mass is 19.1. The number of nitrogens with one attached hydrogen (secondary N) is 1. The van der Waals surface area contributed by atoms with Crippen LogP contribution >= 0.6 is 0 Å². The molecule has 0 aromatic heterocycles. The molecule has 0 saturated heterocycles. The van der Waals surface area contributed by atoms with Gasteiger partial charge in [-0.2, -0.15) is 0 Å². The van der Waals surface area contributed by atoms with Crippen molar-refractivity contribution in [2.45, 2.75) is 13.0 Å². The van der Waals surface area contributed by atoms with Gasteiger partial charge in [-0.3, -0.25) is 0 Å². The van der Waals surface area contributed by atoms with Gasteiger partial charge in [-0.1, -0.05) is 12.1 Å². The summed E-state index contributed by atoms with van der Waals surface area (Å²) in [6, 6.07) is 4.31. The molecule has 13 heavy (non-hydrogen) atoms. The van der Waals surface area contributed by atoms with Crippen LogP contribution in [0.2, 0.25) is 0 Å². The fourth-order valence-electron chi connectivity index (χ4n) is 1.17. The van der Waals surface area contributed by atoms with Gasteiger partial charge in [-0.15, -0.1) is 0 Å². The Morgan fingerprint density at radius 2 is 2.23 bits per heavy atom. The SMILES string of the molecule is CNC(C=O)c1ccc(F)c(C)c1. The van der Waals surface area contributed by atoms with Gasteiger partial charge in [0.15, 0.2) is 0 Å². The lowest BCUT2D eigenvalue weighted by Crippen LogP contribution is -2.17. The third kappa shape index (κ3) is 2.12. The summed E-state index contributed by atoms with van der Waals surface area (Å²) in [5.74, 6) is -0.246. The van der Waals surface area contributed by atoms with Gasteiger partial charge >= 0.3 is 0 Å². The van der Waals surface area contributed by atoms with Gasteiger partial charge in [0.25, 0.3) is 0 Å². The number of aryl methyl sites for hydroxylation is 1. The lowest BCUT2D eigenvalue weighted by atomic mass is 10.1. The van der Waals surface area contributed by atoms with Crippen LogP contribution < -0.4 is 5.32 Å². The van der Waals surface area contributed by atoms with Gasteiger partial charge in [-0.25, -0.2) is 4.39 Å². The molecule has 0 fully saturated rings. The number of carbonyl (C=O) groups is 1. The zero-order valence-corrected chi connectivity index (χ0v) is 7.67. The predicted octanol–water partition coefficient (Wildman–Crippen LogP) is 1.59. The molecular weight excluding hydrogens is 169 g/mol. The van der Waals surface area contributed by atoms with Crippen LogP contribution in [0, 0.1) is 12.7 Å². The van der Waals surface area contributed by atoms with E-state index in [-0.39, 0.29) is 11.9 Å². The quantitative estimate of drug-likeness (QED) is 0.717. The molecule has 1 N–H and O–H groups in total. The second-order valence-electron chi connectivity index (χ2n) is 2.91. The summed E-state index contributed by atoms with van der Waals surface area (Å²) in [5.41, 5.74) is 1.34. The number of aldehydes is 1. The van der Waals surface area contributed by atoms with Crippen LogP contribution in [0.15, 0.2) is 18.2 Å². The van der Waals surface area contributed by atoms with E-state index in [1.54, 1.807) is 26.1 Å². The Labute approximate surface area is 76.8 Å². The molecule has 1 atom stereocenters. The Balaban J connectivity index is 3.01. The van der Waals surface area contributed by atoms with Crippen molar-refractivity contribution in [3.8, 4) is 0 Å². The second kappa shape index (κ2) is 4.14. The smallest absolute Gasteiger partial charge is 0.141 e. The van der Waals surface area contributed by atoms with E-state index in [0.29, 0.717) is 5.56 Å². The molecule has 1 aromatic carbocycles. The maximum absolute atomic E-state index is 12.9. The zero-order valence-electron chi connectivity index (χ0n) is 7.67. The Bertz CT molecular complexity index is 312. The van der Waals surface area contributed by atoms with Crippen molar-refractivity contribution in [1.82, 2.24) is 5.32 Å². The molecule has 0 aliphatic heterocycles. The van der Waals surface area contributed by atoms with Gasteiger partial charge in [-0.05, 0) is 31.2 Å². The van der Waals surface area contributed by atoms with E-state index in [1.165, 1.54) is 6.07 Å². The van der Waals surface area contributed by atoms with Crippen molar-refractivity contribution in [3.05, 3.63) is 35.1 Å². The van der Waals surface area contributed by atoms with Crippen LogP contribution in [0.25, 0.3) is 0 Å². The largest absolute Gasteiger partial charge is 0.307 e. The highest BCUT2D eigenvalue weighted by molar-refractivity contribution is 5.61. The minimum atomic E-state index is -0.348. The first kappa shape index (κ1) is 9.86. The Morgan fingerprint density at radius 3 is 2.69 bits per heavy atom. The molecule has 0 spiro atoms. The fourth-order valence-corrected chi connectivity index (χ4v) is 1.17. The third-order valence-electron chi connectivity index (χ3n) is 1.99. The zero-order chi connectivity index (χ0) is 9.84. The number of carbonyl (C=O) groups excluding carboxylic acids is 1. The van der Waals surface area contributed by atoms with Crippen LogP contribution in [0.4, 0.5) is 4.39 Å².